The van der Waals surface area contributed by atoms with Crippen LogP contribution in [-0.2, 0) is 16.1 Å². The predicted molar refractivity (Wildman–Crippen MR) is 162 cm³/mol. The molecule has 0 spiro atoms. The van der Waals surface area contributed by atoms with E-state index in [0.717, 1.165) is 68.1 Å². The number of nitrogens with one attached hydrogen (secondary N) is 2. The lowest BCUT2D eigenvalue weighted by atomic mass is 9.90. The van der Waals surface area contributed by atoms with Gasteiger partial charge in [-0.15, -0.1) is 0 Å². The number of aliphatic imine (C=N–C) groups is 1. The molecule has 10 heteroatoms. The number of rotatable bonds is 9. The molecule has 3 aliphatic heterocycles. The highest BCUT2D eigenvalue weighted by molar-refractivity contribution is 6.32. The molecule has 216 valence electrons. The number of fused-ring (bicyclic) bond motifs is 1. The maximum Gasteiger partial charge on any atom is 0.317 e. The van der Waals surface area contributed by atoms with Gasteiger partial charge in [0.15, 0.2) is 0 Å². The molecule has 0 radical (unpaired) electrons. The molecule has 3 atom stereocenters. The number of hydrazine groups is 1. The summed E-state index contributed by atoms with van der Waals surface area (Å²) in [5.41, 5.74) is 8.44. The minimum atomic E-state index is -0.920. The molecule has 3 heterocycles. The van der Waals surface area contributed by atoms with Crippen molar-refractivity contribution < 1.29 is 14.6 Å². The molecule has 2 saturated heterocycles. The fourth-order valence-electron chi connectivity index (χ4n) is 5.51. The van der Waals surface area contributed by atoms with E-state index >= 15 is 0 Å². The van der Waals surface area contributed by atoms with Gasteiger partial charge >= 0.3 is 5.97 Å². The van der Waals surface area contributed by atoms with Crippen LogP contribution in [0.2, 0.25) is 10.0 Å². The molecule has 2 fully saturated rings. The normalized spacial score (nSPS) is 22.2. The van der Waals surface area contributed by atoms with Gasteiger partial charge in [-0.05, 0) is 60.9 Å². The van der Waals surface area contributed by atoms with E-state index in [0.29, 0.717) is 22.6 Å². The van der Waals surface area contributed by atoms with Crippen molar-refractivity contribution >= 4 is 35.4 Å². The first-order valence-corrected chi connectivity index (χ1v) is 14.7. The lowest BCUT2D eigenvalue weighted by molar-refractivity contribution is -0.136. The smallest absolute Gasteiger partial charge is 0.317 e. The average Bonchev–Trinajstić information content (AvgIpc) is 3.33. The second-order valence-electron chi connectivity index (χ2n) is 10.6. The lowest BCUT2D eigenvalue weighted by Gasteiger charge is -2.33. The van der Waals surface area contributed by atoms with E-state index < -0.39 is 5.97 Å². The number of morpholine rings is 1. The SMILES string of the molecule is C[C@H]1COCCN1CCCN1NC(c2ccc(Cl)c(C#Cc3ccc(Cl)c(CNCC(=O)O)c3)c2)C2CN=CC=C21. The summed E-state index contributed by atoms with van der Waals surface area (Å²) in [4.78, 5) is 17.9. The number of hydrogen-bond acceptors (Lipinski definition) is 7. The first-order valence-electron chi connectivity index (χ1n) is 14.0. The average molecular weight is 597 g/mol. The number of hydrogen-bond donors (Lipinski definition) is 3. The van der Waals surface area contributed by atoms with Crippen LogP contribution in [0.25, 0.3) is 0 Å². The number of aliphatic carboxylic acids is 1. The molecule has 41 heavy (non-hydrogen) atoms. The van der Waals surface area contributed by atoms with Gasteiger partial charge in [0.1, 0.15) is 0 Å². The molecule has 3 aliphatic rings. The third-order valence-electron chi connectivity index (χ3n) is 7.70. The van der Waals surface area contributed by atoms with Crippen LogP contribution in [0.15, 0.2) is 53.2 Å². The summed E-state index contributed by atoms with van der Waals surface area (Å²) < 4.78 is 5.58. The number of carboxylic acids is 1. The van der Waals surface area contributed by atoms with Crippen molar-refractivity contribution in [2.75, 3.05) is 45.9 Å². The zero-order chi connectivity index (χ0) is 28.8. The third kappa shape index (κ3) is 7.49. The predicted octanol–water partition coefficient (Wildman–Crippen LogP) is 4.12. The van der Waals surface area contributed by atoms with Crippen molar-refractivity contribution in [1.29, 1.82) is 0 Å². The van der Waals surface area contributed by atoms with Crippen LogP contribution in [0.4, 0.5) is 0 Å². The zero-order valence-electron chi connectivity index (χ0n) is 23.1. The fourth-order valence-corrected chi connectivity index (χ4v) is 5.86. The van der Waals surface area contributed by atoms with E-state index in [1.165, 1.54) is 5.70 Å². The van der Waals surface area contributed by atoms with Crippen LogP contribution in [0.3, 0.4) is 0 Å². The Bertz CT molecular complexity index is 1390. The molecule has 2 unspecified atom stereocenters. The molecule has 0 saturated carbocycles. The minimum absolute atomic E-state index is 0.0706. The maximum atomic E-state index is 10.8. The Balaban J connectivity index is 1.29. The van der Waals surface area contributed by atoms with Crippen molar-refractivity contribution in [1.82, 2.24) is 20.7 Å². The highest BCUT2D eigenvalue weighted by Crippen LogP contribution is 2.38. The fraction of sp³-hybridized carbons (Fsp3) is 0.419. The number of carbonyl (C=O) groups is 1. The van der Waals surface area contributed by atoms with Crippen molar-refractivity contribution in [3.63, 3.8) is 0 Å². The second-order valence-corrected chi connectivity index (χ2v) is 11.4. The summed E-state index contributed by atoms with van der Waals surface area (Å²) in [6.45, 7) is 7.72. The minimum Gasteiger partial charge on any atom is -0.480 e. The summed E-state index contributed by atoms with van der Waals surface area (Å²) in [6, 6.07) is 12.0. The summed E-state index contributed by atoms with van der Waals surface area (Å²) in [7, 11) is 0. The van der Waals surface area contributed by atoms with Gasteiger partial charge in [-0.2, -0.15) is 0 Å². The summed E-state index contributed by atoms with van der Waals surface area (Å²) >= 11 is 12.9. The molecule has 2 aromatic rings. The van der Waals surface area contributed by atoms with Crippen LogP contribution < -0.4 is 10.7 Å². The quantitative estimate of drug-likeness (QED) is 0.376. The monoisotopic (exact) mass is 595 g/mol. The molecule has 0 aromatic heterocycles. The lowest BCUT2D eigenvalue weighted by Crippen LogP contribution is -2.45. The molecular formula is C31H35Cl2N5O3. The Morgan fingerprint density at radius 1 is 1.20 bits per heavy atom. The number of halogens is 2. The second kappa shape index (κ2) is 13.8. The number of carboxylic acid groups (broad SMARTS) is 1. The van der Waals surface area contributed by atoms with Gasteiger partial charge < -0.3 is 20.2 Å². The molecule has 0 aliphatic carbocycles. The van der Waals surface area contributed by atoms with E-state index in [1.807, 2.05) is 24.4 Å². The number of benzene rings is 2. The Morgan fingerprint density at radius 3 is 2.88 bits per heavy atom. The van der Waals surface area contributed by atoms with Crippen LogP contribution in [0, 0.1) is 17.8 Å². The van der Waals surface area contributed by atoms with Gasteiger partial charge in [0, 0.05) is 72.7 Å². The van der Waals surface area contributed by atoms with Crippen LogP contribution in [-0.4, -0.2) is 79.2 Å². The number of dihydropyridines is 1. The van der Waals surface area contributed by atoms with Crippen molar-refractivity contribution in [3.8, 4) is 11.8 Å². The van der Waals surface area contributed by atoms with Crippen molar-refractivity contribution in [2.24, 2.45) is 10.9 Å². The van der Waals surface area contributed by atoms with E-state index in [9.17, 15) is 4.79 Å². The zero-order valence-corrected chi connectivity index (χ0v) is 24.6. The van der Waals surface area contributed by atoms with Gasteiger partial charge in [0.2, 0.25) is 0 Å². The molecule has 0 bridgehead atoms. The Hall–Kier alpha value is -2.90. The van der Waals surface area contributed by atoms with Gasteiger partial charge in [-0.25, -0.2) is 5.43 Å². The van der Waals surface area contributed by atoms with E-state index in [2.05, 4.69) is 62.6 Å². The van der Waals surface area contributed by atoms with E-state index in [1.54, 1.807) is 6.07 Å². The van der Waals surface area contributed by atoms with E-state index in [-0.39, 0.29) is 18.5 Å². The standard InChI is InChI=1S/C31H35Cl2N5O3/c1-21-20-41-14-13-37(21)11-2-12-38-29-9-10-34-18-26(29)31(36-38)24-6-8-27(32)23(16-24)5-3-22-4-7-28(33)25(15-22)17-35-19-30(39)40/h4,6-10,15-16,21,26,31,35-36H,2,11-14,17-20H2,1H3,(H,39,40)/t21-,26?,31?/m0/s1. The molecule has 3 N–H and O–H groups in total. The van der Waals surface area contributed by atoms with Crippen LogP contribution in [0.5, 0.6) is 0 Å². The topological polar surface area (TPSA) is 89.4 Å². The molecule has 2 aromatic carbocycles. The first kappa shape index (κ1) is 29.6. The van der Waals surface area contributed by atoms with Gasteiger partial charge in [-0.1, -0.05) is 41.1 Å². The maximum absolute atomic E-state index is 10.8. The Morgan fingerprint density at radius 2 is 2.05 bits per heavy atom. The molecular weight excluding hydrogens is 561 g/mol. The van der Waals surface area contributed by atoms with Gasteiger partial charge in [0.05, 0.1) is 30.8 Å². The highest BCUT2D eigenvalue weighted by atomic mass is 35.5. The van der Waals surface area contributed by atoms with Crippen molar-refractivity contribution in [2.45, 2.75) is 32.0 Å². The van der Waals surface area contributed by atoms with Crippen LogP contribution >= 0.6 is 23.2 Å². The Kier molecular flexibility index (Phi) is 9.99. The first-order chi connectivity index (χ1) is 19.9. The van der Waals surface area contributed by atoms with E-state index in [4.69, 9.17) is 33.0 Å². The number of nitrogens with zero attached hydrogens (tertiary/aromatic N) is 3. The summed E-state index contributed by atoms with van der Waals surface area (Å²) in [5.74, 6) is 5.75. The summed E-state index contributed by atoms with van der Waals surface area (Å²) in [6.07, 6.45) is 5.08. The largest absolute Gasteiger partial charge is 0.480 e. The molecule has 8 nitrogen and oxygen atoms in total. The van der Waals surface area contributed by atoms with Gasteiger partial charge in [-0.3, -0.25) is 14.7 Å². The van der Waals surface area contributed by atoms with Crippen LogP contribution in [0.1, 0.15) is 41.6 Å². The summed E-state index contributed by atoms with van der Waals surface area (Å²) in [5, 5.41) is 15.2. The Labute approximate surface area is 251 Å². The molecule has 0 amide bonds. The van der Waals surface area contributed by atoms with Crippen molar-refractivity contribution in [3.05, 3.63) is 80.5 Å². The van der Waals surface area contributed by atoms with Gasteiger partial charge in [0.25, 0.3) is 0 Å². The highest BCUT2D eigenvalue weighted by Gasteiger charge is 2.38. The number of allylic oxidation sites excluding steroid dienone is 1. The number of ether oxygens (including phenoxy) is 1. The molecule has 5 rings (SSSR count). The third-order valence-corrected chi connectivity index (χ3v) is 8.40.